The molecule has 14 heavy (non-hydrogen) atoms. The maximum atomic E-state index is 11.7. The van der Waals surface area contributed by atoms with Gasteiger partial charge in [-0.1, -0.05) is 15.9 Å². The quantitative estimate of drug-likeness (QED) is 0.704. The highest BCUT2D eigenvalue weighted by Gasteiger charge is 2.34. The first-order valence-electron chi connectivity index (χ1n) is 5.24. The molecule has 0 N–H and O–H groups in total. The molecule has 2 fully saturated rings. The van der Waals surface area contributed by atoms with Crippen molar-refractivity contribution in [3.8, 4) is 0 Å². The van der Waals surface area contributed by atoms with E-state index in [0.29, 0.717) is 17.9 Å². The van der Waals surface area contributed by atoms with Gasteiger partial charge in [0.05, 0.1) is 0 Å². The summed E-state index contributed by atoms with van der Waals surface area (Å²) in [7, 11) is 0. The van der Waals surface area contributed by atoms with Crippen molar-refractivity contribution in [2.45, 2.75) is 25.3 Å². The van der Waals surface area contributed by atoms with Crippen molar-refractivity contribution < 1.29 is 9.53 Å². The molecule has 3 nitrogen and oxygen atoms in total. The molecule has 2 aliphatic heterocycles. The van der Waals surface area contributed by atoms with Crippen LogP contribution in [-0.2, 0) is 9.53 Å². The van der Waals surface area contributed by atoms with Gasteiger partial charge in [0.15, 0.2) is 0 Å². The lowest BCUT2D eigenvalue weighted by atomic mass is 10.1. The Morgan fingerprint density at radius 3 is 2.71 bits per heavy atom. The molecule has 2 heterocycles. The number of nitrogens with zero attached hydrogens (tertiary/aromatic N) is 1. The van der Waals surface area contributed by atoms with E-state index >= 15 is 0 Å². The monoisotopic (exact) mass is 261 g/mol. The van der Waals surface area contributed by atoms with Crippen molar-refractivity contribution in [1.29, 1.82) is 0 Å². The molecule has 0 aromatic rings. The standard InChI is InChI=1S/C10H16BrNO2/c11-6-8-5-10(13)12(7-8)9-1-3-14-4-2-9/h8-9H,1-7H2. The summed E-state index contributed by atoms with van der Waals surface area (Å²) in [6, 6.07) is 0.445. The predicted octanol–water partition coefficient (Wildman–Crippen LogP) is 1.41. The van der Waals surface area contributed by atoms with Crippen LogP contribution in [0.4, 0.5) is 0 Å². The van der Waals surface area contributed by atoms with Gasteiger partial charge in [0, 0.05) is 37.6 Å². The zero-order valence-corrected chi connectivity index (χ0v) is 9.83. The molecule has 2 saturated heterocycles. The Labute approximate surface area is 92.9 Å². The molecular weight excluding hydrogens is 246 g/mol. The number of rotatable bonds is 2. The van der Waals surface area contributed by atoms with E-state index < -0.39 is 0 Å². The molecule has 0 aliphatic carbocycles. The van der Waals surface area contributed by atoms with Crippen LogP contribution < -0.4 is 0 Å². The van der Waals surface area contributed by atoms with Crippen LogP contribution in [0.25, 0.3) is 0 Å². The largest absolute Gasteiger partial charge is 0.381 e. The van der Waals surface area contributed by atoms with E-state index in [-0.39, 0.29) is 0 Å². The molecule has 2 aliphatic rings. The Hall–Kier alpha value is -0.0900. The fourth-order valence-corrected chi connectivity index (χ4v) is 2.70. The SMILES string of the molecule is O=C1CC(CBr)CN1C1CCOCC1. The summed E-state index contributed by atoms with van der Waals surface area (Å²) < 4.78 is 5.30. The summed E-state index contributed by atoms with van der Waals surface area (Å²) in [5, 5.41) is 0.943. The summed E-state index contributed by atoms with van der Waals surface area (Å²) in [6.45, 7) is 2.57. The van der Waals surface area contributed by atoms with E-state index in [2.05, 4.69) is 20.8 Å². The van der Waals surface area contributed by atoms with Gasteiger partial charge in [-0.05, 0) is 18.8 Å². The van der Waals surface area contributed by atoms with E-state index in [1.165, 1.54) is 0 Å². The second-order valence-electron chi connectivity index (χ2n) is 4.11. The van der Waals surface area contributed by atoms with Crippen LogP contribution in [-0.4, -0.2) is 41.9 Å². The lowest BCUT2D eigenvalue weighted by Crippen LogP contribution is -2.40. The second kappa shape index (κ2) is 4.62. The van der Waals surface area contributed by atoms with Crippen molar-refractivity contribution in [3.05, 3.63) is 0 Å². The summed E-state index contributed by atoms with van der Waals surface area (Å²) in [6.07, 6.45) is 2.75. The molecule has 0 spiro atoms. The number of halogens is 1. The van der Waals surface area contributed by atoms with Crippen molar-refractivity contribution >= 4 is 21.8 Å². The number of carbonyl (C=O) groups excluding carboxylic acids is 1. The van der Waals surface area contributed by atoms with E-state index in [1.54, 1.807) is 0 Å². The molecular formula is C10H16BrNO2. The van der Waals surface area contributed by atoms with Crippen LogP contribution in [0.1, 0.15) is 19.3 Å². The van der Waals surface area contributed by atoms with Gasteiger partial charge in [0.25, 0.3) is 0 Å². The third-order valence-corrected chi connectivity index (χ3v) is 4.00. The van der Waals surface area contributed by atoms with Crippen LogP contribution in [0.5, 0.6) is 0 Å². The summed E-state index contributed by atoms with van der Waals surface area (Å²) in [5.41, 5.74) is 0. The average molecular weight is 262 g/mol. The summed E-state index contributed by atoms with van der Waals surface area (Å²) >= 11 is 3.45. The smallest absolute Gasteiger partial charge is 0.223 e. The molecule has 1 unspecified atom stereocenters. The first-order chi connectivity index (χ1) is 6.81. The van der Waals surface area contributed by atoms with Gasteiger partial charge in [-0.3, -0.25) is 4.79 Å². The Kier molecular flexibility index (Phi) is 3.44. The molecule has 0 aromatic carbocycles. The fraction of sp³-hybridized carbons (Fsp3) is 0.900. The number of alkyl halides is 1. The molecule has 0 bridgehead atoms. The van der Waals surface area contributed by atoms with Crippen LogP contribution >= 0.6 is 15.9 Å². The van der Waals surface area contributed by atoms with Gasteiger partial charge in [0.2, 0.25) is 5.91 Å². The molecule has 0 aromatic heterocycles. The van der Waals surface area contributed by atoms with Crippen molar-refractivity contribution in [2.75, 3.05) is 25.1 Å². The molecule has 2 rings (SSSR count). The van der Waals surface area contributed by atoms with Gasteiger partial charge in [-0.2, -0.15) is 0 Å². The maximum absolute atomic E-state index is 11.7. The minimum Gasteiger partial charge on any atom is -0.381 e. The Bertz CT molecular complexity index is 216. The van der Waals surface area contributed by atoms with Gasteiger partial charge in [0.1, 0.15) is 0 Å². The Morgan fingerprint density at radius 1 is 1.43 bits per heavy atom. The average Bonchev–Trinajstić information content (AvgIpc) is 2.61. The van der Waals surface area contributed by atoms with Crippen molar-refractivity contribution in [3.63, 3.8) is 0 Å². The maximum Gasteiger partial charge on any atom is 0.223 e. The van der Waals surface area contributed by atoms with Crippen LogP contribution in [0, 0.1) is 5.92 Å². The molecule has 0 radical (unpaired) electrons. The first kappa shape index (κ1) is 10.4. The molecule has 80 valence electrons. The highest BCUT2D eigenvalue weighted by atomic mass is 79.9. The lowest BCUT2D eigenvalue weighted by molar-refractivity contribution is -0.131. The van der Waals surface area contributed by atoms with Crippen LogP contribution in [0.3, 0.4) is 0 Å². The van der Waals surface area contributed by atoms with Crippen molar-refractivity contribution in [1.82, 2.24) is 4.90 Å². The van der Waals surface area contributed by atoms with E-state index in [0.717, 1.165) is 44.4 Å². The van der Waals surface area contributed by atoms with E-state index in [1.807, 2.05) is 0 Å². The number of carbonyl (C=O) groups is 1. The molecule has 1 amide bonds. The zero-order valence-electron chi connectivity index (χ0n) is 8.25. The van der Waals surface area contributed by atoms with Gasteiger partial charge in [-0.15, -0.1) is 0 Å². The van der Waals surface area contributed by atoms with Crippen molar-refractivity contribution in [2.24, 2.45) is 5.92 Å². The van der Waals surface area contributed by atoms with E-state index in [4.69, 9.17) is 4.74 Å². The van der Waals surface area contributed by atoms with Gasteiger partial charge >= 0.3 is 0 Å². The zero-order chi connectivity index (χ0) is 9.97. The Balaban J connectivity index is 1.93. The molecule has 0 saturated carbocycles. The highest BCUT2D eigenvalue weighted by Crippen LogP contribution is 2.25. The van der Waals surface area contributed by atoms with Crippen LogP contribution in [0.2, 0.25) is 0 Å². The first-order valence-corrected chi connectivity index (χ1v) is 6.36. The minimum atomic E-state index is 0.335. The predicted molar refractivity (Wildman–Crippen MR) is 57.5 cm³/mol. The van der Waals surface area contributed by atoms with Gasteiger partial charge < -0.3 is 9.64 Å². The third-order valence-electron chi connectivity index (χ3n) is 3.09. The number of amides is 1. The topological polar surface area (TPSA) is 29.5 Å². The lowest BCUT2D eigenvalue weighted by Gasteiger charge is -2.31. The van der Waals surface area contributed by atoms with E-state index in [9.17, 15) is 4.79 Å². The summed E-state index contributed by atoms with van der Waals surface area (Å²) in [5.74, 6) is 0.853. The highest BCUT2D eigenvalue weighted by molar-refractivity contribution is 9.09. The molecule has 1 atom stereocenters. The number of hydrogen-bond acceptors (Lipinski definition) is 2. The van der Waals surface area contributed by atoms with Crippen LogP contribution in [0.15, 0.2) is 0 Å². The second-order valence-corrected chi connectivity index (χ2v) is 4.76. The normalized spacial score (nSPS) is 29.9. The number of likely N-dealkylation sites (tertiary alicyclic amines) is 1. The molecule has 4 heteroatoms. The third kappa shape index (κ3) is 2.11. The fourth-order valence-electron chi connectivity index (χ4n) is 2.26. The number of hydrogen-bond donors (Lipinski definition) is 0. The Morgan fingerprint density at radius 2 is 2.14 bits per heavy atom. The minimum absolute atomic E-state index is 0.335. The van der Waals surface area contributed by atoms with Gasteiger partial charge in [-0.25, -0.2) is 0 Å². The summed E-state index contributed by atoms with van der Waals surface area (Å²) in [4.78, 5) is 13.8. The number of ether oxygens (including phenoxy) is 1.